The number of amides is 2. The quantitative estimate of drug-likeness (QED) is 0.887. The molecule has 0 fully saturated rings. The van der Waals surface area contributed by atoms with Crippen molar-refractivity contribution in [2.45, 2.75) is 13.3 Å². The summed E-state index contributed by atoms with van der Waals surface area (Å²) in [5.74, 6) is -0.910. The van der Waals surface area contributed by atoms with Crippen LogP contribution >= 0.6 is 0 Å². The number of fused-ring (bicyclic) bond motifs is 1. The Bertz CT molecular complexity index is 655. The topological polar surface area (TPSA) is 69.6 Å². The third-order valence-corrected chi connectivity index (χ3v) is 3.27. The van der Waals surface area contributed by atoms with Gasteiger partial charge in [-0.2, -0.15) is 0 Å². The first-order valence-corrected chi connectivity index (χ1v) is 6.86. The van der Waals surface area contributed by atoms with Gasteiger partial charge < -0.3 is 15.3 Å². The van der Waals surface area contributed by atoms with Crippen LogP contribution in [-0.2, 0) is 4.79 Å². The van der Waals surface area contributed by atoms with Gasteiger partial charge in [0.2, 0.25) is 0 Å². The van der Waals surface area contributed by atoms with Crippen molar-refractivity contribution >= 4 is 28.5 Å². The van der Waals surface area contributed by atoms with E-state index < -0.39 is 5.97 Å². The van der Waals surface area contributed by atoms with E-state index in [0.29, 0.717) is 12.2 Å². The molecule has 2 rings (SSSR count). The number of anilines is 1. The Kier molecular flexibility index (Phi) is 4.77. The molecule has 2 amide bonds. The van der Waals surface area contributed by atoms with E-state index in [0.717, 1.165) is 10.8 Å². The Morgan fingerprint density at radius 1 is 1.14 bits per heavy atom. The maximum absolute atomic E-state index is 12.1. The molecule has 0 bridgehead atoms. The Morgan fingerprint density at radius 2 is 1.86 bits per heavy atom. The van der Waals surface area contributed by atoms with Crippen LogP contribution in [-0.4, -0.2) is 35.1 Å². The molecule has 0 aromatic heterocycles. The number of nitrogens with zero attached hydrogens (tertiary/aromatic N) is 1. The van der Waals surface area contributed by atoms with Crippen molar-refractivity contribution in [3.63, 3.8) is 0 Å². The second-order valence-corrected chi connectivity index (χ2v) is 4.72. The van der Waals surface area contributed by atoms with Gasteiger partial charge in [-0.25, -0.2) is 4.79 Å². The summed E-state index contributed by atoms with van der Waals surface area (Å²) in [6.07, 6.45) is -0.0566. The number of hydrogen-bond acceptors (Lipinski definition) is 2. The van der Waals surface area contributed by atoms with E-state index in [2.05, 4.69) is 5.32 Å². The molecule has 0 aliphatic heterocycles. The van der Waals surface area contributed by atoms with E-state index in [9.17, 15) is 9.59 Å². The van der Waals surface area contributed by atoms with Crippen molar-refractivity contribution in [2.75, 3.05) is 18.4 Å². The minimum absolute atomic E-state index is 0.0566. The van der Waals surface area contributed by atoms with Gasteiger partial charge in [0.15, 0.2) is 0 Å². The molecule has 0 heterocycles. The molecule has 0 aliphatic carbocycles. The molecule has 110 valence electrons. The van der Waals surface area contributed by atoms with Crippen LogP contribution in [0.4, 0.5) is 10.5 Å². The first-order valence-electron chi connectivity index (χ1n) is 6.86. The van der Waals surface area contributed by atoms with Gasteiger partial charge in [0.1, 0.15) is 0 Å². The molecule has 5 nitrogen and oxygen atoms in total. The summed E-state index contributed by atoms with van der Waals surface area (Å²) in [5, 5.41) is 13.6. The Balaban J connectivity index is 2.07. The lowest BCUT2D eigenvalue weighted by atomic mass is 10.1. The van der Waals surface area contributed by atoms with Gasteiger partial charge in [-0.3, -0.25) is 4.79 Å². The summed E-state index contributed by atoms with van der Waals surface area (Å²) in [7, 11) is 0. The van der Waals surface area contributed by atoms with Crippen molar-refractivity contribution < 1.29 is 14.7 Å². The highest BCUT2D eigenvalue weighted by atomic mass is 16.4. The molecule has 0 aliphatic rings. The van der Waals surface area contributed by atoms with Crippen molar-refractivity contribution in [1.29, 1.82) is 0 Å². The van der Waals surface area contributed by atoms with Crippen molar-refractivity contribution in [1.82, 2.24) is 4.90 Å². The van der Waals surface area contributed by atoms with Crippen LogP contribution < -0.4 is 5.32 Å². The summed E-state index contributed by atoms with van der Waals surface area (Å²) in [6.45, 7) is 2.49. The van der Waals surface area contributed by atoms with E-state index in [1.54, 1.807) is 0 Å². The average molecular weight is 286 g/mol. The van der Waals surface area contributed by atoms with Crippen LogP contribution in [0.25, 0.3) is 10.8 Å². The van der Waals surface area contributed by atoms with Gasteiger partial charge in [-0.1, -0.05) is 30.3 Å². The summed E-state index contributed by atoms with van der Waals surface area (Å²) in [4.78, 5) is 24.2. The number of carboxylic acids is 1. The lowest BCUT2D eigenvalue weighted by molar-refractivity contribution is -0.137. The highest BCUT2D eigenvalue weighted by Crippen LogP contribution is 2.19. The van der Waals surface area contributed by atoms with Crippen LogP contribution in [0.2, 0.25) is 0 Å². The molecule has 0 atom stereocenters. The zero-order valence-electron chi connectivity index (χ0n) is 11.9. The number of carboxylic acid groups (broad SMARTS) is 1. The van der Waals surface area contributed by atoms with Gasteiger partial charge in [-0.15, -0.1) is 0 Å². The molecule has 0 saturated heterocycles. The Morgan fingerprint density at radius 3 is 2.52 bits per heavy atom. The molecule has 2 aromatic carbocycles. The lowest BCUT2D eigenvalue weighted by Gasteiger charge is -2.20. The minimum atomic E-state index is -0.910. The Hall–Kier alpha value is -2.56. The molecular formula is C16H18N2O3. The van der Waals surface area contributed by atoms with Gasteiger partial charge in [0, 0.05) is 18.8 Å². The highest BCUT2D eigenvalue weighted by molar-refractivity contribution is 5.93. The van der Waals surface area contributed by atoms with Crippen LogP contribution in [0, 0.1) is 0 Å². The molecule has 5 heteroatoms. The highest BCUT2D eigenvalue weighted by Gasteiger charge is 2.13. The smallest absolute Gasteiger partial charge is 0.321 e. The third kappa shape index (κ3) is 3.95. The molecule has 0 unspecified atom stereocenters. The van der Waals surface area contributed by atoms with E-state index >= 15 is 0 Å². The SMILES string of the molecule is CCN(CCC(=O)O)C(=O)Nc1ccc2ccccc2c1. The molecule has 2 N–H and O–H groups in total. The van der Waals surface area contributed by atoms with E-state index in [1.165, 1.54) is 4.90 Å². The van der Waals surface area contributed by atoms with Gasteiger partial charge in [0.05, 0.1) is 6.42 Å². The number of nitrogens with one attached hydrogen (secondary N) is 1. The van der Waals surface area contributed by atoms with E-state index in [-0.39, 0.29) is 19.0 Å². The number of carbonyl (C=O) groups is 2. The van der Waals surface area contributed by atoms with Crippen LogP contribution in [0.5, 0.6) is 0 Å². The van der Waals surface area contributed by atoms with E-state index in [4.69, 9.17) is 5.11 Å². The summed E-state index contributed by atoms with van der Waals surface area (Å²) < 4.78 is 0. The molecule has 0 radical (unpaired) electrons. The number of hydrogen-bond donors (Lipinski definition) is 2. The fourth-order valence-corrected chi connectivity index (χ4v) is 2.10. The number of aliphatic carboxylic acids is 1. The fourth-order valence-electron chi connectivity index (χ4n) is 2.10. The zero-order valence-corrected chi connectivity index (χ0v) is 11.9. The molecule has 21 heavy (non-hydrogen) atoms. The Labute approximate surface area is 123 Å². The first-order chi connectivity index (χ1) is 10.1. The van der Waals surface area contributed by atoms with E-state index in [1.807, 2.05) is 49.4 Å². The summed E-state index contributed by atoms with van der Waals surface area (Å²) in [6, 6.07) is 13.3. The number of rotatable bonds is 5. The van der Waals surface area contributed by atoms with Gasteiger partial charge in [0.25, 0.3) is 0 Å². The van der Waals surface area contributed by atoms with Crippen molar-refractivity contribution in [3.8, 4) is 0 Å². The second-order valence-electron chi connectivity index (χ2n) is 4.72. The predicted octanol–water partition coefficient (Wildman–Crippen LogP) is 3.17. The molecule has 2 aromatic rings. The summed E-state index contributed by atoms with van der Waals surface area (Å²) >= 11 is 0. The minimum Gasteiger partial charge on any atom is -0.481 e. The molecular weight excluding hydrogens is 268 g/mol. The van der Waals surface area contributed by atoms with Crippen LogP contribution in [0.3, 0.4) is 0 Å². The first kappa shape index (κ1) is 14.8. The van der Waals surface area contributed by atoms with Gasteiger partial charge in [-0.05, 0) is 29.8 Å². The average Bonchev–Trinajstić information content (AvgIpc) is 2.47. The zero-order chi connectivity index (χ0) is 15.2. The standard InChI is InChI=1S/C16H18N2O3/c1-2-18(10-9-15(19)20)16(21)17-14-8-7-12-5-3-4-6-13(12)11-14/h3-8,11H,2,9-10H2,1H3,(H,17,21)(H,19,20). The normalized spacial score (nSPS) is 10.3. The number of urea groups is 1. The third-order valence-electron chi connectivity index (χ3n) is 3.27. The van der Waals surface area contributed by atoms with Crippen molar-refractivity contribution in [3.05, 3.63) is 42.5 Å². The largest absolute Gasteiger partial charge is 0.481 e. The fraction of sp³-hybridized carbons (Fsp3) is 0.250. The molecule has 0 spiro atoms. The maximum Gasteiger partial charge on any atom is 0.321 e. The number of benzene rings is 2. The van der Waals surface area contributed by atoms with Gasteiger partial charge >= 0.3 is 12.0 Å². The second kappa shape index (κ2) is 6.74. The predicted molar refractivity (Wildman–Crippen MR) is 82.5 cm³/mol. The number of carbonyl (C=O) groups excluding carboxylic acids is 1. The monoisotopic (exact) mass is 286 g/mol. The maximum atomic E-state index is 12.1. The van der Waals surface area contributed by atoms with Crippen molar-refractivity contribution in [2.24, 2.45) is 0 Å². The van der Waals surface area contributed by atoms with Crippen LogP contribution in [0.1, 0.15) is 13.3 Å². The lowest BCUT2D eigenvalue weighted by Crippen LogP contribution is -2.36. The van der Waals surface area contributed by atoms with Crippen LogP contribution in [0.15, 0.2) is 42.5 Å². The summed E-state index contributed by atoms with van der Waals surface area (Å²) in [5.41, 5.74) is 0.701. The molecule has 0 saturated carbocycles.